The Morgan fingerprint density at radius 2 is 2.06 bits per heavy atom. The Balaban J connectivity index is 1.40. The molecule has 3 N–H and O–H groups in total. The van der Waals surface area contributed by atoms with Gasteiger partial charge in [-0.3, -0.25) is 9.63 Å². The van der Waals surface area contributed by atoms with Crippen molar-refractivity contribution in [1.29, 1.82) is 0 Å². The van der Waals surface area contributed by atoms with Crippen LogP contribution in [0.3, 0.4) is 0 Å². The van der Waals surface area contributed by atoms with Crippen molar-refractivity contribution in [2.75, 3.05) is 31.6 Å². The molecule has 2 heterocycles. The first-order chi connectivity index (χ1) is 17.5. The van der Waals surface area contributed by atoms with Gasteiger partial charge in [-0.15, -0.1) is 0 Å². The molecule has 1 amide bonds. The van der Waals surface area contributed by atoms with Crippen LogP contribution in [0.5, 0.6) is 0 Å². The van der Waals surface area contributed by atoms with Crippen LogP contribution in [-0.4, -0.2) is 42.0 Å². The third kappa shape index (κ3) is 5.82. The zero-order valence-corrected chi connectivity index (χ0v) is 21.5. The predicted molar refractivity (Wildman–Crippen MR) is 139 cm³/mol. The van der Waals surface area contributed by atoms with E-state index in [9.17, 15) is 4.79 Å². The highest BCUT2D eigenvalue weighted by molar-refractivity contribution is 6.30. The minimum Gasteiger partial charge on any atom is -0.352 e. The third-order valence-electron chi connectivity index (χ3n) is 7.10. The van der Waals surface area contributed by atoms with Gasteiger partial charge in [0.15, 0.2) is 11.3 Å². The lowest BCUT2D eigenvalue weighted by Crippen LogP contribution is -2.33. The highest BCUT2D eigenvalue weighted by Crippen LogP contribution is 2.32. The van der Waals surface area contributed by atoms with Crippen LogP contribution in [-0.2, 0) is 11.4 Å². The Bertz CT molecular complexity index is 1240. The van der Waals surface area contributed by atoms with Gasteiger partial charge >= 0.3 is 0 Å². The largest absolute Gasteiger partial charge is 0.352 e. The summed E-state index contributed by atoms with van der Waals surface area (Å²) in [4.78, 5) is 24.1. The first-order valence-corrected chi connectivity index (χ1v) is 13.3. The van der Waals surface area contributed by atoms with Crippen LogP contribution in [0.1, 0.15) is 54.4 Å². The molecule has 2 aliphatic rings. The summed E-state index contributed by atoms with van der Waals surface area (Å²) in [6, 6.07) is 7.01. The van der Waals surface area contributed by atoms with Crippen LogP contribution in [0.2, 0.25) is 5.02 Å². The third-order valence-corrected chi connectivity index (χ3v) is 7.33. The molecule has 192 valence electrons. The number of anilines is 2. The first kappa shape index (κ1) is 25.0. The van der Waals surface area contributed by atoms with E-state index < -0.39 is 11.7 Å². The molecule has 1 aliphatic carbocycles. The summed E-state index contributed by atoms with van der Waals surface area (Å²) in [5, 5.41) is 3.75. The van der Waals surface area contributed by atoms with Crippen LogP contribution in [0.4, 0.5) is 15.8 Å². The van der Waals surface area contributed by atoms with Gasteiger partial charge in [0.1, 0.15) is 0 Å². The van der Waals surface area contributed by atoms with Crippen molar-refractivity contribution in [1.82, 2.24) is 15.4 Å². The van der Waals surface area contributed by atoms with E-state index in [0.717, 1.165) is 37.8 Å². The Kier molecular flexibility index (Phi) is 7.74. The number of amides is 1. The highest BCUT2D eigenvalue weighted by atomic mass is 35.5. The molecule has 5 rings (SSSR count). The van der Waals surface area contributed by atoms with Gasteiger partial charge in [0.25, 0.3) is 5.91 Å². The van der Waals surface area contributed by atoms with Crippen molar-refractivity contribution in [3.63, 3.8) is 0 Å². The number of benzene rings is 2. The number of H-pyrrole nitrogens is 1. The van der Waals surface area contributed by atoms with Crippen LogP contribution < -0.4 is 15.4 Å². The fraction of sp³-hybridized carbons (Fsp3) is 0.481. The maximum absolute atomic E-state index is 16.1. The fourth-order valence-electron chi connectivity index (χ4n) is 4.81. The summed E-state index contributed by atoms with van der Waals surface area (Å²) in [7, 11) is 0. The monoisotopic (exact) mass is 514 g/mol. The lowest BCUT2D eigenvalue weighted by atomic mass is 10.1. The van der Waals surface area contributed by atoms with E-state index in [1.165, 1.54) is 25.9 Å². The molecule has 36 heavy (non-hydrogen) atoms. The molecule has 0 atom stereocenters. The number of nitrogens with one attached hydrogen (secondary N) is 3. The zero-order valence-electron chi connectivity index (χ0n) is 20.7. The number of aromatic nitrogens is 2. The van der Waals surface area contributed by atoms with E-state index in [-0.39, 0.29) is 11.3 Å². The number of imidazole rings is 1. The maximum atomic E-state index is 16.1. The molecular weight excluding hydrogens is 481 g/mol. The summed E-state index contributed by atoms with van der Waals surface area (Å²) in [6.07, 6.45) is 8.59. The summed E-state index contributed by atoms with van der Waals surface area (Å²) in [6.45, 7) is 6.50. The summed E-state index contributed by atoms with van der Waals surface area (Å²) < 4.78 is 18.0. The summed E-state index contributed by atoms with van der Waals surface area (Å²) in [5.41, 5.74) is 5.33. The molecule has 1 saturated carbocycles. The molecule has 0 spiro atoms. The normalized spacial score (nSPS) is 16.1. The molecule has 0 radical (unpaired) electrons. The first-order valence-electron chi connectivity index (χ1n) is 12.9. The standard InChI is InChI=1S/C27H33ClFN5O2/c1-18-14-20(28)8-9-22(18)31-25-21(27(35)32-36-16-19-6-7-19)15-23-26(24(25)29)34(17-30-23)13-5-4-12-33-10-2-3-11-33/h8-9,14-15,17,19H,2-7,10-13,16H2,1H3,(H2,31,32,35)/p+1. The van der Waals surface area contributed by atoms with Crippen LogP contribution >= 0.6 is 11.6 Å². The van der Waals surface area contributed by atoms with E-state index in [4.69, 9.17) is 16.4 Å². The van der Waals surface area contributed by atoms with Gasteiger partial charge in [-0.2, -0.15) is 4.39 Å². The second-order valence-corrected chi connectivity index (χ2v) is 10.4. The molecule has 1 saturated heterocycles. The molecule has 2 fully saturated rings. The highest BCUT2D eigenvalue weighted by Gasteiger charge is 2.27. The molecule has 1 aliphatic heterocycles. The van der Waals surface area contributed by atoms with Gasteiger partial charge in [-0.25, -0.2) is 15.0 Å². The van der Waals surface area contributed by atoms with Crippen LogP contribution in [0.15, 0.2) is 30.6 Å². The van der Waals surface area contributed by atoms with Gasteiger partial charge in [-0.1, -0.05) is 11.6 Å². The number of fused-ring (bicyclic) bond motifs is 1. The molecule has 0 bridgehead atoms. The average molecular weight is 515 g/mol. The summed E-state index contributed by atoms with van der Waals surface area (Å²) in [5.74, 6) is -0.473. The van der Waals surface area contributed by atoms with E-state index in [0.29, 0.717) is 40.8 Å². The number of hydroxylamine groups is 1. The number of unbranched alkanes of at least 4 members (excludes halogenated alkanes) is 1. The van der Waals surface area contributed by atoms with Crippen LogP contribution in [0.25, 0.3) is 11.0 Å². The van der Waals surface area contributed by atoms with Crippen molar-refractivity contribution in [2.24, 2.45) is 5.92 Å². The van der Waals surface area contributed by atoms with Gasteiger partial charge in [0.05, 0.1) is 24.4 Å². The minimum absolute atomic E-state index is 0.117. The lowest BCUT2D eigenvalue weighted by molar-refractivity contribution is -0.672. The number of carbonyl (C=O) groups excluding carboxylic acids is 1. The SMILES string of the molecule is Cc1cc(Cl)ccc1Nc1c(C(=O)NOCC2CC2)cc2[nH]c[n+](CCCCN3CCCC3)c2c1F. The van der Waals surface area contributed by atoms with Crippen molar-refractivity contribution in [3.05, 3.63) is 52.6 Å². The minimum atomic E-state index is -0.489. The number of rotatable bonds is 11. The molecule has 7 nitrogen and oxygen atoms in total. The molecule has 3 aromatic rings. The molecule has 2 aromatic carbocycles. The number of halogens is 2. The Hall–Kier alpha value is -2.68. The second kappa shape index (κ2) is 11.2. The number of aryl methyl sites for hydroxylation is 2. The van der Waals surface area contributed by atoms with Gasteiger partial charge in [0.2, 0.25) is 11.8 Å². The van der Waals surface area contributed by atoms with Gasteiger partial charge in [0, 0.05) is 16.8 Å². The molecule has 1 aromatic heterocycles. The number of aromatic amines is 1. The van der Waals surface area contributed by atoms with E-state index in [1.807, 2.05) is 11.5 Å². The van der Waals surface area contributed by atoms with Crippen LogP contribution in [0, 0.1) is 18.7 Å². The average Bonchev–Trinajstić information content (AvgIpc) is 3.35. The molecule has 0 unspecified atom stereocenters. The maximum Gasteiger partial charge on any atom is 0.277 e. The smallest absolute Gasteiger partial charge is 0.277 e. The van der Waals surface area contributed by atoms with Crippen molar-refractivity contribution in [2.45, 2.75) is 52.0 Å². The van der Waals surface area contributed by atoms with Crippen molar-refractivity contribution < 1.29 is 18.6 Å². The summed E-state index contributed by atoms with van der Waals surface area (Å²) >= 11 is 6.11. The topological polar surface area (TPSA) is 73.3 Å². The quantitative estimate of drug-likeness (QED) is 0.186. The van der Waals surface area contributed by atoms with Crippen molar-refractivity contribution in [3.8, 4) is 0 Å². The second-order valence-electron chi connectivity index (χ2n) is 10.0. The number of hydrogen-bond acceptors (Lipinski definition) is 4. The van der Waals surface area contributed by atoms with E-state index >= 15 is 4.39 Å². The zero-order chi connectivity index (χ0) is 25.1. The fourth-order valence-corrected chi connectivity index (χ4v) is 5.04. The Morgan fingerprint density at radius 1 is 1.25 bits per heavy atom. The number of nitrogens with zero attached hydrogens (tertiary/aromatic N) is 2. The number of hydrogen-bond donors (Lipinski definition) is 3. The van der Waals surface area contributed by atoms with Crippen molar-refractivity contribution >= 4 is 39.9 Å². The van der Waals surface area contributed by atoms with E-state index in [1.54, 1.807) is 30.6 Å². The predicted octanol–water partition coefficient (Wildman–Crippen LogP) is 5.25. The lowest BCUT2D eigenvalue weighted by Gasteiger charge is -2.15. The van der Waals surface area contributed by atoms with E-state index in [2.05, 4.69) is 20.7 Å². The molecule has 9 heteroatoms. The number of carbonyl (C=O) groups is 1. The number of likely N-dealkylation sites (tertiary alicyclic amines) is 1. The Morgan fingerprint density at radius 3 is 2.81 bits per heavy atom. The Labute approximate surface area is 215 Å². The molecular formula is C27H34ClFN5O2+. The van der Waals surface area contributed by atoms with Gasteiger partial charge < -0.3 is 10.2 Å². The van der Waals surface area contributed by atoms with Gasteiger partial charge in [-0.05, 0) is 94.8 Å².